The zero-order chi connectivity index (χ0) is 21.3. The van der Waals surface area contributed by atoms with Gasteiger partial charge >= 0.3 is 12.1 Å². The minimum Gasteiger partial charge on any atom is -0.465 e. The van der Waals surface area contributed by atoms with Crippen LogP contribution in [0.25, 0.3) is 0 Å². The third-order valence-electron chi connectivity index (χ3n) is 5.93. The Morgan fingerprint density at radius 2 is 1.90 bits per heavy atom. The van der Waals surface area contributed by atoms with E-state index in [9.17, 15) is 9.59 Å². The fourth-order valence-electron chi connectivity index (χ4n) is 4.17. The van der Waals surface area contributed by atoms with Crippen molar-refractivity contribution in [3.05, 3.63) is 65.0 Å². The lowest BCUT2D eigenvalue weighted by molar-refractivity contribution is 0.0595. The molecule has 1 heterocycles. The maximum absolute atomic E-state index is 15.3. The van der Waals surface area contributed by atoms with E-state index in [1.54, 1.807) is 6.07 Å². The zero-order valence-electron chi connectivity index (χ0n) is 17.0. The summed E-state index contributed by atoms with van der Waals surface area (Å²) in [7, 11) is 1.21. The third-order valence-corrected chi connectivity index (χ3v) is 5.93. The van der Waals surface area contributed by atoms with Gasteiger partial charge in [-0.3, -0.25) is 0 Å². The van der Waals surface area contributed by atoms with Crippen molar-refractivity contribution in [2.24, 2.45) is 11.8 Å². The molecule has 6 nitrogen and oxygen atoms in total. The van der Waals surface area contributed by atoms with Crippen LogP contribution >= 0.6 is 0 Å². The molecule has 2 N–H and O–H groups in total. The summed E-state index contributed by atoms with van der Waals surface area (Å²) in [5, 5.41) is 6.25. The van der Waals surface area contributed by atoms with Gasteiger partial charge in [0.2, 0.25) is 0 Å². The number of halogens is 1. The molecule has 0 spiro atoms. The summed E-state index contributed by atoms with van der Waals surface area (Å²) in [5.74, 6) is -1.03. The van der Waals surface area contributed by atoms with Crippen LogP contribution in [0.3, 0.4) is 0 Å². The monoisotopic (exact) mass is 412 g/mol. The number of carbonyl (C=O) groups excluding carboxylic acids is 2. The van der Waals surface area contributed by atoms with Crippen molar-refractivity contribution >= 4 is 17.7 Å². The summed E-state index contributed by atoms with van der Waals surface area (Å²) in [6.07, 6.45) is 1.58. The number of hydrogen-bond acceptors (Lipinski definition) is 5. The molecule has 4 rings (SSSR count). The Balaban J connectivity index is 1.60. The van der Waals surface area contributed by atoms with Crippen LogP contribution in [0.5, 0.6) is 0 Å². The highest BCUT2D eigenvalue weighted by molar-refractivity contribution is 5.91. The first-order valence-corrected chi connectivity index (χ1v) is 10.1. The first-order valence-electron chi connectivity index (χ1n) is 10.1. The standard InChI is InChI=1S/C23H25FN2O4/c1-13-20(15-8-9-15)25-17-11-10-16(22(27)29-2)19(24)18(17)21(13)26-23(28)30-12-14-6-4-3-5-7-14/h3-7,10-11,13,15,20-21,25H,8-9,12H2,1-2H3,(H,26,28)/t13-,20+,21?/m0/s1. The van der Waals surface area contributed by atoms with Gasteiger partial charge in [0, 0.05) is 23.2 Å². The molecule has 30 heavy (non-hydrogen) atoms. The molecule has 1 amide bonds. The average molecular weight is 412 g/mol. The molecule has 0 radical (unpaired) electrons. The van der Waals surface area contributed by atoms with Crippen LogP contribution in [0.4, 0.5) is 14.9 Å². The molecule has 1 fully saturated rings. The zero-order valence-corrected chi connectivity index (χ0v) is 17.0. The van der Waals surface area contributed by atoms with Gasteiger partial charge in [-0.05, 0) is 36.5 Å². The van der Waals surface area contributed by atoms with Crippen molar-refractivity contribution < 1.29 is 23.5 Å². The smallest absolute Gasteiger partial charge is 0.407 e. The SMILES string of the molecule is COC(=O)c1ccc2c(c1F)C(NC(=O)OCc1ccccc1)[C@@H](C)[C@H](C1CC1)N2. The molecule has 0 bridgehead atoms. The summed E-state index contributed by atoms with van der Waals surface area (Å²) in [6, 6.07) is 11.9. The average Bonchev–Trinajstić information content (AvgIpc) is 3.59. The lowest BCUT2D eigenvalue weighted by Crippen LogP contribution is -2.45. The molecule has 1 saturated carbocycles. The fourth-order valence-corrected chi connectivity index (χ4v) is 4.17. The maximum atomic E-state index is 15.3. The highest BCUT2D eigenvalue weighted by Gasteiger charge is 2.44. The lowest BCUT2D eigenvalue weighted by Gasteiger charge is -2.39. The molecule has 0 aromatic heterocycles. The minimum atomic E-state index is -0.752. The van der Waals surface area contributed by atoms with E-state index < -0.39 is 23.9 Å². The second-order valence-electron chi connectivity index (χ2n) is 7.93. The highest BCUT2D eigenvalue weighted by atomic mass is 19.1. The summed E-state index contributed by atoms with van der Waals surface area (Å²) in [4.78, 5) is 24.5. The summed E-state index contributed by atoms with van der Waals surface area (Å²) < 4.78 is 25.4. The van der Waals surface area contributed by atoms with E-state index in [0.29, 0.717) is 11.6 Å². The minimum absolute atomic E-state index is 0.0864. The summed E-state index contributed by atoms with van der Waals surface area (Å²) in [6.45, 7) is 2.10. The lowest BCUT2D eigenvalue weighted by atomic mass is 9.81. The van der Waals surface area contributed by atoms with E-state index in [2.05, 4.69) is 10.6 Å². The van der Waals surface area contributed by atoms with Gasteiger partial charge in [0.1, 0.15) is 12.4 Å². The molecule has 158 valence electrons. The number of benzene rings is 2. The molecule has 1 aliphatic carbocycles. The first-order chi connectivity index (χ1) is 14.5. The molecule has 7 heteroatoms. The van der Waals surface area contributed by atoms with Crippen LogP contribution in [0, 0.1) is 17.7 Å². The molecule has 2 aliphatic rings. The Kier molecular flexibility index (Phi) is 5.61. The largest absolute Gasteiger partial charge is 0.465 e. The van der Waals surface area contributed by atoms with Crippen molar-refractivity contribution in [3.8, 4) is 0 Å². The number of ether oxygens (including phenoxy) is 2. The Morgan fingerprint density at radius 3 is 2.57 bits per heavy atom. The number of amides is 1. The van der Waals surface area contributed by atoms with Gasteiger partial charge in [0.25, 0.3) is 0 Å². The van der Waals surface area contributed by atoms with Crippen LogP contribution in [0.2, 0.25) is 0 Å². The third kappa shape index (κ3) is 3.97. The molecule has 2 aromatic carbocycles. The molecule has 0 saturated heterocycles. The fraction of sp³-hybridized carbons (Fsp3) is 0.391. The number of alkyl carbamates (subject to hydrolysis) is 1. The summed E-state index contributed by atoms with van der Waals surface area (Å²) >= 11 is 0. The van der Waals surface area contributed by atoms with Gasteiger partial charge in [-0.25, -0.2) is 14.0 Å². The van der Waals surface area contributed by atoms with Crippen LogP contribution in [0.1, 0.15) is 47.3 Å². The van der Waals surface area contributed by atoms with E-state index >= 15 is 4.39 Å². The van der Waals surface area contributed by atoms with E-state index in [0.717, 1.165) is 18.4 Å². The molecular weight excluding hydrogens is 387 g/mol. The van der Waals surface area contributed by atoms with E-state index in [-0.39, 0.29) is 29.7 Å². The molecule has 3 atom stereocenters. The van der Waals surface area contributed by atoms with E-state index in [4.69, 9.17) is 9.47 Å². The van der Waals surface area contributed by atoms with Crippen molar-refractivity contribution in [2.75, 3.05) is 12.4 Å². The summed E-state index contributed by atoms with van der Waals surface area (Å²) in [5.41, 5.74) is 1.56. The molecule has 2 aromatic rings. The van der Waals surface area contributed by atoms with Crippen LogP contribution in [0.15, 0.2) is 42.5 Å². The van der Waals surface area contributed by atoms with Crippen molar-refractivity contribution in [2.45, 2.75) is 38.5 Å². The van der Waals surface area contributed by atoms with Gasteiger partial charge in [0.15, 0.2) is 0 Å². The van der Waals surface area contributed by atoms with Crippen molar-refractivity contribution in [1.82, 2.24) is 5.32 Å². The van der Waals surface area contributed by atoms with Crippen molar-refractivity contribution in [3.63, 3.8) is 0 Å². The second kappa shape index (κ2) is 8.34. The van der Waals surface area contributed by atoms with Crippen molar-refractivity contribution in [1.29, 1.82) is 0 Å². The first kappa shape index (κ1) is 20.2. The second-order valence-corrected chi connectivity index (χ2v) is 7.93. The Morgan fingerprint density at radius 1 is 1.17 bits per heavy atom. The molecular formula is C23H25FN2O4. The van der Waals surface area contributed by atoms with Crippen LogP contribution in [-0.2, 0) is 16.1 Å². The Bertz CT molecular complexity index is 946. The van der Waals surface area contributed by atoms with Gasteiger partial charge in [0.05, 0.1) is 18.7 Å². The maximum Gasteiger partial charge on any atom is 0.407 e. The van der Waals surface area contributed by atoms with Gasteiger partial charge < -0.3 is 20.1 Å². The number of rotatable bonds is 5. The molecule has 1 aliphatic heterocycles. The van der Waals surface area contributed by atoms with Gasteiger partial charge in [-0.2, -0.15) is 0 Å². The number of fused-ring (bicyclic) bond motifs is 1. The van der Waals surface area contributed by atoms with Crippen LogP contribution < -0.4 is 10.6 Å². The Hall–Kier alpha value is -3.09. The van der Waals surface area contributed by atoms with E-state index in [1.165, 1.54) is 13.2 Å². The number of anilines is 1. The predicted octanol–water partition coefficient (Wildman–Crippen LogP) is 4.42. The Labute approximate surface area is 174 Å². The topological polar surface area (TPSA) is 76.7 Å². The van der Waals surface area contributed by atoms with Crippen LogP contribution in [-0.4, -0.2) is 25.2 Å². The van der Waals surface area contributed by atoms with Gasteiger partial charge in [-0.1, -0.05) is 37.3 Å². The predicted molar refractivity (Wildman–Crippen MR) is 110 cm³/mol. The highest BCUT2D eigenvalue weighted by Crippen LogP contribution is 2.46. The normalized spacial score (nSPS) is 22.4. The number of carbonyl (C=O) groups is 2. The number of hydrogen-bond donors (Lipinski definition) is 2. The van der Waals surface area contributed by atoms with E-state index in [1.807, 2.05) is 37.3 Å². The number of methoxy groups -OCH3 is 1. The number of nitrogens with one attached hydrogen (secondary N) is 2. The number of esters is 1. The van der Waals surface area contributed by atoms with Gasteiger partial charge in [-0.15, -0.1) is 0 Å². The quantitative estimate of drug-likeness (QED) is 0.711. The molecule has 1 unspecified atom stereocenters.